The molecule has 15 heteroatoms. The van der Waals surface area contributed by atoms with Gasteiger partial charge in [0.05, 0.1) is 0 Å². The highest BCUT2D eigenvalue weighted by atomic mass is 32.2. The number of piperazine rings is 1. The molecule has 0 bridgehead atoms. The van der Waals surface area contributed by atoms with E-state index in [4.69, 9.17) is 0 Å². The number of likely N-dealkylation sites (N-methyl/N-ethyl adjacent to an activating group) is 1. The molecule has 0 aromatic heterocycles. The van der Waals surface area contributed by atoms with Crippen LogP contribution in [-0.2, 0) is 33.8 Å². The Bertz CT molecular complexity index is 1330. The molecule has 0 saturated carbocycles. The lowest BCUT2D eigenvalue weighted by molar-refractivity contribution is -0.161. The molecule has 1 aromatic carbocycles. The van der Waals surface area contributed by atoms with E-state index in [1.54, 1.807) is 25.1 Å². The van der Waals surface area contributed by atoms with Crippen molar-refractivity contribution in [1.29, 1.82) is 0 Å². The number of imide groups is 1. The van der Waals surface area contributed by atoms with Gasteiger partial charge in [0.25, 0.3) is 0 Å². The van der Waals surface area contributed by atoms with E-state index in [-0.39, 0.29) is 25.2 Å². The number of amides is 6. The number of carbonyl (C=O) groups excluding carboxylic acids is 5. The number of fused-ring (bicyclic) bond motifs is 1. The molecule has 0 unspecified atom stereocenters. The van der Waals surface area contributed by atoms with Crippen molar-refractivity contribution in [2.75, 3.05) is 19.6 Å². The molecule has 6 amide bonds. The topological polar surface area (TPSA) is 191 Å². The second-order valence-electron chi connectivity index (χ2n) is 9.65. The third-order valence-electron chi connectivity index (χ3n) is 7.20. The Morgan fingerprint density at radius 2 is 1.71 bits per heavy atom. The van der Waals surface area contributed by atoms with Crippen LogP contribution in [0.1, 0.15) is 32.4 Å². The zero-order chi connectivity index (χ0) is 28.2. The summed E-state index contributed by atoms with van der Waals surface area (Å²) in [5.41, 5.74) is 0.256. The number of carboxylic acid groups (broad SMARTS) is 1. The molecule has 0 spiro atoms. The maximum absolute atomic E-state index is 13.3. The van der Waals surface area contributed by atoms with Crippen molar-refractivity contribution in [3.8, 4) is 0 Å². The molecule has 204 valence electrons. The normalized spacial score (nSPS) is 26.3. The van der Waals surface area contributed by atoms with Gasteiger partial charge < -0.3 is 25.5 Å². The van der Waals surface area contributed by atoms with E-state index in [2.05, 4.69) is 10.6 Å². The predicted molar refractivity (Wildman–Crippen MR) is 129 cm³/mol. The molecule has 4 atom stereocenters. The van der Waals surface area contributed by atoms with Gasteiger partial charge in [-0.25, -0.2) is 18.0 Å². The monoisotopic (exact) mass is 549 g/mol. The van der Waals surface area contributed by atoms with Gasteiger partial charge in [-0.3, -0.25) is 24.1 Å². The van der Waals surface area contributed by atoms with Gasteiger partial charge in [0.2, 0.25) is 11.8 Å². The molecule has 3 N–H and O–H groups in total. The van der Waals surface area contributed by atoms with Gasteiger partial charge in [0.15, 0.2) is 15.2 Å². The third kappa shape index (κ3) is 3.97. The van der Waals surface area contributed by atoms with Crippen molar-refractivity contribution in [2.24, 2.45) is 0 Å². The first kappa shape index (κ1) is 27.0. The number of nitrogens with zero attached hydrogens (tertiary/aromatic N) is 3. The average Bonchev–Trinajstić information content (AvgIpc) is 3.02. The SMILES string of the molecule is CCN1CCN(C(=O)N[C@H](C(=O)N[C@H]2C(=O)N3[C@H](C(=O)O)C(C)(C)S(=O)(=O)[C@@H]23)c2ccccc2)C(=O)C1=O. The number of benzene rings is 1. The van der Waals surface area contributed by atoms with Crippen LogP contribution < -0.4 is 10.6 Å². The number of hydrogen-bond donors (Lipinski definition) is 3. The minimum Gasteiger partial charge on any atom is -0.480 e. The molecule has 3 heterocycles. The Morgan fingerprint density at radius 1 is 1.08 bits per heavy atom. The van der Waals surface area contributed by atoms with Crippen LogP contribution in [-0.4, -0.2) is 106 Å². The molecule has 14 nitrogen and oxygen atoms in total. The summed E-state index contributed by atoms with van der Waals surface area (Å²) in [6.45, 7) is 4.39. The predicted octanol–water partition coefficient (Wildman–Crippen LogP) is -1.56. The number of nitrogens with one attached hydrogen (secondary N) is 2. The summed E-state index contributed by atoms with van der Waals surface area (Å²) in [5, 5.41) is 12.7. The smallest absolute Gasteiger partial charge is 0.328 e. The summed E-state index contributed by atoms with van der Waals surface area (Å²) in [5.74, 6) is -5.26. The maximum Gasteiger partial charge on any atom is 0.328 e. The Balaban J connectivity index is 1.57. The Hall–Kier alpha value is -4.01. The van der Waals surface area contributed by atoms with Crippen molar-refractivity contribution in [3.63, 3.8) is 0 Å². The number of rotatable bonds is 6. The molecule has 3 saturated heterocycles. The highest BCUT2D eigenvalue weighted by Crippen LogP contribution is 2.46. The summed E-state index contributed by atoms with van der Waals surface area (Å²) < 4.78 is 24.4. The van der Waals surface area contributed by atoms with Crippen LogP contribution in [0.4, 0.5) is 4.79 Å². The molecular formula is C23H27N5O9S. The molecule has 0 radical (unpaired) electrons. The molecule has 4 rings (SSSR count). The van der Waals surface area contributed by atoms with E-state index in [0.717, 1.165) is 4.90 Å². The van der Waals surface area contributed by atoms with Gasteiger partial charge >= 0.3 is 23.8 Å². The van der Waals surface area contributed by atoms with Crippen LogP contribution >= 0.6 is 0 Å². The highest BCUT2D eigenvalue weighted by Gasteiger charge is 2.72. The number of sulfone groups is 1. The van der Waals surface area contributed by atoms with Crippen molar-refractivity contribution >= 4 is 45.5 Å². The largest absolute Gasteiger partial charge is 0.480 e. The minimum atomic E-state index is -4.21. The van der Waals surface area contributed by atoms with Crippen LogP contribution in [0.15, 0.2) is 30.3 Å². The number of β-lactam (4-membered cyclic amide) rings is 1. The lowest BCUT2D eigenvalue weighted by atomic mass is 9.95. The Labute approximate surface area is 217 Å². The standard InChI is InChI=1S/C23H27N5O9S/c1-4-26-10-11-27(19(32)18(26)31)22(35)25-13(12-8-6-5-7-9-12)16(29)24-14-17(30)28-15(21(33)34)23(2,3)38(36,37)20(14)28/h5-9,13-15,20H,4,10-11H2,1-3H3,(H,24,29)(H,25,35)(H,33,34)/t13-,14-,15+,20-/m0/s1. The van der Waals surface area contributed by atoms with Gasteiger partial charge in [-0.1, -0.05) is 30.3 Å². The second kappa shape index (κ2) is 9.38. The van der Waals surface area contributed by atoms with Crippen LogP contribution in [0.5, 0.6) is 0 Å². The zero-order valence-corrected chi connectivity index (χ0v) is 21.6. The minimum absolute atomic E-state index is 0.102. The van der Waals surface area contributed by atoms with Crippen molar-refractivity contribution in [1.82, 2.24) is 25.3 Å². The molecule has 38 heavy (non-hydrogen) atoms. The molecule has 3 aliphatic rings. The second-order valence-corrected chi connectivity index (χ2v) is 12.3. The van der Waals surface area contributed by atoms with Gasteiger partial charge in [-0.05, 0) is 26.3 Å². The molecular weight excluding hydrogens is 522 g/mol. The molecule has 3 aliphatic heterocycles. The van der Waals surface area contributed by atoms with Gasteiger partial charge in [-0.15, -0.1) is 0 Å². The van der Waals surface area contributed by atoms with Crippen LogP contribution in [0.25, 0.3) is 0 Å². The van der Waals surface area contributed by atoms with Crippen LogP contribution in [0.2, 0.25) is 0 Å². The molecule has 0 aliphatic carbocycles. The highest BCUT2D eigenvalue weighted by molar-refractivity contribution is 7.94. The summed E-state index contributed by atoms with van der Waals surface area (Å²) in [4.78, 5) is 78.3. The lowest BCUT2D eigenvalue weighted by Gasteiger charge is -2.43. The van der Waals surface area contributed by atoms with Crippen molar-refractivity contribution in [2.45, 2.75) is 49.0 Å². The van der Waals surface area contributed by atoms with Gasteiger partial charge in [-0.2, -0.15) is 0 Å². The summed E-state index contributed by atoms with van der Waals surface area (Å²) in [6.07, 6.45) is 0. The van der Waals surface area contributed by atoms with Crippen LogP contribution in [0, 0.1) is 0 Å². The number of hydrogen-bond acceptors (Lipinski definition) is 8. The summed E-state index contributed by atoms with van der Waals surface area (Å²) >= 11 is 0. The first-order valence-electron chi connectivity index (χ1n) is 11.8. The van der Waals surface area contributed by atoms with E-state index in [9.17, 15) is 42.3 Å². The van der Waals surface area contributed by atoms with E-state index < -0.39 is 73.7 Å². The van der Waals surface area contributed by atoms with Gasteiger partial charge in [0.1, 0.15) is 22.9 Å². The quantitative estimate of drug-likeness (QED) is 0.278. The van der Waals surface area contributed by atoms with E-state index in [1.807, 2.05) is 0 Å². The number of carboxylic acids is 1. The summed E-state index contributed by atoms with van der Waals surface area (Å²) in [6, 6.07) is 2.11. The number of urea groups is 1. The first-order chi connectivity index (χ1) is 17.8. The Kier molecular flexibility index (Phi) is 6.67. The van der Waals surface area contributed by atoms with Gasteiger partial charge in [0, 0.05) is 19.6 Å². The zero-order valence-electron chi connectivity index (χ0n) is 20.8. The van der Waals surface area contributed by atoms with Crippen molar-refractivity contribution in [3.05, 3.63) is 35.9 Å². The van der Waals surface area contributed by atoms with E-state index in [1.165, 1.54) is 30.9 Å². The molecule has 1 aromatic rings. The number of carbonyl (C=O) groups is 6. The van der Waals surface area contributed by atoms with E-state index in [0.29, 0.717) is 4.90 Å². The third-order valence-corrected chi connectivity index (χ3v) is 10.0. The average molecular weight is 550 g/mol. The fraction of sp³-hybridized carbons (Fsp3) is 0.478. The molecule has 3 fully saturated rings. The summed E-state index contributed by atoms with van der Waals surface area (Å²) in [7, 11) is -4.21. The Morgan fingerprint density at radius 3 is 2.29 bits per heavy atom. The first-order valence-corrected chi connectivity index (χ1v) is 13.3. The maximum atomic E-state index is 13.3. The fourth-order valence-electron chi connectivity index (χ4n) is 4.99. The van der Waals surface area contributed by atoms with Crippen molar-refractivity contribution < 1.29 is 42.3 Å². The fourth-order valence-corrected chi connectivity index (χ4v) is 7.21. The number of aliphatic carboxylic acids is 1. The van der Waals surface area contributed by atoms with E-state index >= 15 is 0 Å². The van der Waals surface area contributed by atoms with Crippen LogP contribution in [0.3, 0.4) is 0 Å². The lowest BCUT2D eigenvalue weighted by Crippen LogP contribution is -2.72.